The van der Waals surface area contributed by atoms with Crippen molar-refractivity contribution in [2.45, 2.75) is 109 Å². The molecular formula is C34H48N2. The quantitative estimate of drug-likeness (QED) is 0.0979. The molecule has 1 saturated carbocycles. The van der Waals surface area contributed by atoms with Crippen LogP contribution in [0, 0.1) is 5.92 Å². The zero-order valence-electron chi connectivity index (χ0n) is 22.7. The summed E-state index contributed by atoms with van der Waals surface area (Å²) in [5, 5.41) is 8.53. The van der Waals surface area contributed by atoms with Crippen molar-refractivity contribution >= 4 is 12.4 Å². The molecule has 0 aliphatic heterocycles. The van der Waals surface area contributed by atoms with Gasteiger partial charge in [0.2, 0.25) is 0 Å². The minimum atomic E-state index is 0.737. The van der Waals surface area contributed by atoms with E-state index >= 15 is 0 Å². The molecule has 1 aliphatic carbocycles. The average molecular weight is 485 g/mol. The summed E-state index contributed by atoms with van der Waals surface area (Å²) in [6.07, 6.45) is 25.7. The van der Waals surface area contributed by atoms with Crippen molar-refractivity contribution < 1.29 is 0 Å². The molecule has 194 valence electrons. The fourth-order valence-corrected chi connectivity index (χ4v) is 5.44. The third-order valence-electron chi connectivity index (χ3n) is 7.80. The smallest absolute Gasteiger partial charge is 0.0568 e. The maximum Gasteiger partial charge on any atom is 0.0568 e. The highest BCUT2D eigenvalue weighted by Gasteiger charge is 2.21. The molecule has 3 rings (SSSR count). The molecular weight excluding hydrogens is 436 g/mol. The van der Waals surface area contributed by atoms with Crippen molar-refractivity contribution in [1.82, 2.24) is 0 Å². The Morgan fingerprint density at radius 3 is 1.97 bits per heavy atom. The number of allylic oxidation sites excluding steroid dienone is 1. The van der Waals surface area contributed by atoms with Crippen molar-refractivity contribution in [2.24, 2.45) is 16.1 Å². The molecule has 0 atom stereocenters. The van der Waals surface area contributed by atoms with E-state index in [1.807, 2.05) is 18.5 Å². The summed E-state index contributed by atoms with van der Waals surface area (Å²) in [6.45, 7) is 6.08. The van der Waals surface area contributed by atoms with Gasteiger partial charge >= 0.3 is 0 Å². The average Bonchev–Trinajstić information content (AvgIpc) is 2.92. The minimum Gasteiger partial charge on any atom is -0.159 e. The maximum absolute atomic E-state index is 4.27. The van der Waals surface area contributed by atoms with Gasteiger partial charge in [0.15, 0.2) is 0 Å². The number of hydrogen-bond acceptors (Lipinski definition) is 2. The molecule has 0 N–H and O–H groups in total. The molecule has 0 amide bonds. The fourth-order valence-electron chi connectivity index (χ4n) is 5.44. The molecule has 0 bridgehead atoms. The molecule has 0 heterocycles. The van der Waals surface area contributed by atoms with E-state index in [0.29, 0.717) is 0 Å². The minimum absolute atomic E-state index is 0.737. The molecule has 2 aromatic carbocycles. The van der Waals surface area contributed by atoms with Gasteiger partial charge in [0, 0.05) is 0 Å². The molecule has 1 fully saturated rings. The van der Waals surface area contributed by atoms with Crippen molar-refractivity contribution in [2.75, 3.05) is 0 Å². The second kappa shape index (κ2) is 17.1. The zero-order valence-corrected chi connectivity index (χ0v) is 22.7. The fraction of sp³-hybridized carbons (Fsp3) is 0.529. The van der Waals surface area contributed by atoms with Gasteiger partial charge < -0.3 is 0 Å². The molecule has 36 heavy (non-hydrogen) atoms. The molecule has 2 aromatic rings. The predicted octanol–water partition coefficient (Wildman–Crippen LogP) is 10.1. The summed E-state index contributed by atoms with van der Waals surface area (Å²) >= 11 is 0. The Balaban J connectivity index is 1.36. The van der Waals surface area contributed by atoms with Crippen LogP contribution in [0.25, 0.3) is 0 Å². The molecule has 0 unspecified atom stereocenters. The van der Waals surface area contributed by atoms with Crippen LogP contribution in [-0.4, -0.2) is 12.4 Å². The first-order valence-corrected chi connectivity index (χ1v) is 14.6. The van der Waals surface area contributed by atoms with Crippen LogP contribution in [0.5, 0.6) is 0 Å². The summed E-state index contributed by atoms with van der Waals surface area (Å²) in [5.41, 5.74) is 5.10. The molecule has 0 radical (unpaired) electrons. The number of benzene rings is 2. The Morgan fingerprint density at radius 2 is 1.33 bits per heavy atom. The number of hydrogen-bond donors (Lipinski definition) is 0. The Labute approximate surface area is 221 Å². The van der Waals surface area contributed by atoms with Gasteiger partial charge in [-0.15, -0.1) is 6.58 Å². The van der Waals surface area contributed by atoms with Crippen LogP contribution < -0.4 is 0 Å². The van der Waals surface area contributed by atoms with Gasteiger partial charge in [-0.25, -0.2) is 0 Å². The van der Waals surface area contributed by atoms with E-state index in [1.54, 1.807) is 0 Å². The number of rotatable bonds is 16. The molecule has 2 heteroatoms. The number of unbranched alkanes of at least 4 members (excludes halogenated alkanes) is 7. The Kier molecular flexibility index (Phi) is 13.3. The van der Waals surface area contributed by atoms with Crippen LogP contribution in [0.4, 0.5) is 0 Å². The molecule has 2 nitrogen and oxygen atoms in total. The van der Waals surface area contributed by atoms with E-state index in [0.717, 1.165) is 35.8 Å². The highest BCUT2D eigenvalue weighted by molar-refractivity contribution is 5.82. The van der Waals surface area contributed by atoms with E-state index < -0.39 is 0 Å². The van der Waals surface area contributed by atoms with Gasteiger partial charge in [0.25, 0.3) is 0 Å². The van der Waals surface area contributed by atoms with E-state index in [-0.39, 0.29) is 0 Å². The topological polar surface area (TPSA) is 24.7 Å². The van der Waals surface area contributed by atoms with E-state index in [4.69, 9.17) is 0 Å². The van der Waals surface area contributed by atoms with Crippen molar-refractivity contribution in [1.29, 1.82) is 0 Å². The van der Waals surface area contributed by atoms with Gasteiger partial charge in [0.05, 0.1) is 12.4 Å². The van der Waals surface area contributed by atoms with Crippen molar-refractivity contribution in [3.63, 3.8) is 0 Å². The van der Waals surface area contributed by atoms with Crippen LogP contribution in [-0.2, 0) is 6.42 Å². The van der Waals surface area contributed by atoms with Crippen molar-refractivity contribution in [3.8, 4) is 0 Å². The van der Waals surface area contributed by atoms with Gasteiger partial charge in [-0.1, -0.05) is 106 Å². The van der Waals surface area contributed by atoms with Crippen LogP contribution in [0.1, 0.15) is 125 Å². The van der Waals surface area contributed by atoms with Gasteiger partial charge in [-0.3, -0.25) is 0 Å². The van der Waals surface area contributed by atoms with Gasteiger partial charge in [0.1, 0.15) is 0 Å². The van der Waals surface area contributed by atoms with E-state index in [2.05, 4.69) is 72.2 Å². The summed E-state index contributed by atoms with van der Waals surface area (Å²) in [6, 6.07) is 17.7. The summed E-state index contributed by atoms with van der Waals surface area (Å²) < 4.78 is 0. The second-order valence-electron chi connectivity index (χ2n) is 10.7. The Bertz CT molecular complexity index is 899. The first-order chi connectivity index (χ1) is 17.8. The highest BCUT2D eigenvalue weighted by Crippen LogP contribution is 2.37. The van der Waals surface area contributed by atoms with Crippen LogP contribution in [0.3, 0.4) is 0 Å². The molecule has 0 aromatic heterocycles. The summed E-state index contributed by atoms with van der Waals surface area (Å²) in [7, 11) is 0. The van der Waals surface area contributed by atoms with Gasteiger partial charge in [-0.2, -0.15) is 10.2 Å². The largest absolute Gasteiger partial charge is 0.159 e. The van der Waals surface area contributed by atoms with E-state index in [9.17, 15) is 0 Å². The normalized spacial score (nSPS) is 18.2. The van der Waals surface area contributed by atoms with Crippen LogP contribution >= 0.6 is 0 Å². The lowest BCUT2D eigenvalue weighted by atomic mass is 9.77. The zero-order chi connectivity index (χ0) is 25.3. The van der Waals surface area contributed by atoms with Crippen molar-refractivity contribution in [3.05, 3.63) is 83.4 Å². The predicted molar refractivity (Wildman–Crippen MR) is 159 cm³/mol. The molecule has 0 spiro atoms. The lowest BCUT2D eigenvalue weighted by Gasteiger charge is -2.29. The molecule has 1 aliphatic rings. The van der Waals surface area contributed by atoms with Crippen LogP contribution in [0.2, 0.25) is 0 Å². The monoisotopic (exact) mass is 484 g/mol. The lowest BCUT2D eigenvalue weighted by molar-refractivity contribution is 0.302. The number of aryl methyl sites for hydroxylation is 1. The second-order valence-corrected chi connectivity index (χ2v) is 10.7. The van der Waals surface area contributed by atoms with E-state index in [1.165, 1.54) is 94.6 Å². The third kappa shape index (κ3) is 10.6. The maximum atomic E-state index is 4.27. The first kappa shape index (κ1) is 28.1. The standard InChI is InChI=1S/C34H48N2/c1-3-5-7-9-11-13-29-15-17-31(18-16-29)27-35-36-28-32-21-25-34(26-22-32)33-23-19-30(20-24-33)14-12-10-8-6-4-2/h3,15-18,21-22,25-28,30,33H,1,4-14,19-20,23-24H2,2H3/b35-27+,36-28+. The first-order valence-electron chi connectivity index (χ1n) is 14.6. The lowest BCUT2D eigenvalue weighted by Crippen LogP contribution is -2.13. The SMILES string of the molecule is C=CCCCCCc1ccc(/C=N/N=C/c2ccc(C3CCC(CCCCCCC)CC3)cc2)cc1. The summed E-state index contributed by atoms with van der Waals surface area (Å²) in [5.74, 6) is 1.70. The van der Waals surface area contributed by atoms with Gasteiger partial charge in [-0.05, 0) is 85.5 Å². The molecule has 0 saturated heterocycles. The van der Waals surface area contributed by atoms with Crippen LogP contribution in [0.15, 0.2) is 71.4 Å². The Morgan fingerprint density at radius 1 is 0.722 bits per heavy atom. The third-order valence-corrected chi connectivity index (χ3v) is 7.80. The summed E-state index contributed by atoms with van der Waals surface area (Å²) in [4.78, 5) is 0. The number of nitrogens with zero attached hydrogens (tertiary/aromatic N) is 2. The highest BCUT2D eigenvalue weighted by atomic mass is 15.2. The Hall–Kier alpha value is -2.48.